The topological polar surface area (TPSA) is 78.8 Å². The number of urea groups is 1. The zero-order valence-electron chi connectivity index (χ0n) is 5.07. The van der Waals surface area contributed by atoms with Crippen molar-refractivity contribution in [2.45, 2.75) is 0 Å². The standard InChI is InChI=1S/C5H6N2O3/c8-2-3-1-6-5(10)7-4(3)9/h1,3,8H,2H2,(H,7,9,10)/t3-/m0/s1. The van der Waals surface area contributed by atoms with E-state index < -0.39 is 17.9 Å². The maximum atomic E-state index is 10.7. The molecule has 0 spiro atoms. The molecule has 5 heteroatoms. The minimum Gasteiger partial charge on any atom is -0.395 e. The number of hydrogen-bond acceptors (Lipinski definition) is 3. The predicted octanol–water partition coefficient (Wildman–Crippen LogP) is -1.08. The number of imide groups is 1. The van der Waals surface area contributed by atoms with E-state index in [2.05, 4.69) is 4.99 Å². The minimum atomic E-state index is -0.672. The van der Waals surface area contributed by atoms with Crippen LogP contribution in [0, 0.1) is 5.92 Å². The van der Waals surface area contributed by atoms with Crippen LogP contribution >= 0.6 is 0 Å². The van der Waals surface area contributed by atoms with E-state index in [1.807, 2.05) is 5.32 Å². The number of carbonyl (C=O) groups is 2. The SMILES string of the molecule is O=C1N=C[C@@H](CO)C(=O)N1. The number of aliphatic imine (C=N–C) groups is 1. The molecule has 0 aromatic heterocycles. The monoisotopic (exact) mass is 142 g/mol. The summed E-state index contributed by atoms with van der Waals surface area (Å²) in [6, 6.07) is -0.672. The van der Waals surface area contributed by atoms with Crippen molar-refractivity contribution in [3.63, 3.8) is 0 Å². The molecule has 0 fully saturated rings. The number of rotatable bonds is 1. The number of carbonyl (C=O) groups excluding carboxylic acids is 2. The summed E-state index contributed by atoms with van der Waals surface area (Å²) in [6.07, 6.45) is 1.14. The van der Waals surface area contributed by atoms with E-state index in [1.54, 1.807) is 0 Å². The van der Waals surface area contributed by atoms with Crippen LogP contribution in [0.2, 0.25) is 0 Å². The molecule has 3 amide bonds. The molecule has 1 heterocycles. The Morgan fingerprint density at radius 1 is 1.70 bits per heavy atom. The maximum Gasteiger partial charge on any atom is 0.347 e. The van der Waals surface area contributed by atoms with Crippen LogP contribution in [-0.4, -0.2) is 29.9 Å². The zero-order chi connectivity index (χ0) is 7.56. The lowest BCUT2D eigenvalue weighted by Crippen LogP contribution is -2.40. The number of aliphatic hydroxyl groups is 1. The third-order valence-electron chi connectivity index (χ3n) is 1.14. The van der Waals surface area contributed by atoms with Crippen LogP contribution in [0.15, 0.2) is 4.99 Å². The molecule has 0 radical (unpaired) electrons. The van der Waals surface area contributed by atoms with E-state index in [0.29, 0.717) is 0 Å². The van der Waals surface area contributed by atoms with Crippen LogP contribution in [0.25, 0.3) is 0 Å². The van der Waals surface area contributed by atoms with Gasteiger partial charge in [-0.25, -0.2) is 9.79 Å². The van der Waals surface area contributed by atoms with Gasteiger partial charge < -0.3 is 5.11 Å². The largest absolute Gasteiger partial charge is 0.395 e. The molecule has 10 heavy (non-hydrogen) atoms. The van der Waals surface area contributed by atoms with E-state index in [1.165, 1.54) is 0 Å². The lowest BCUT2D eigenvalue weighted by Gasteiger charge is -2.10. The second kappa shape index (κ2) is 2.57. The van der Waals surface area contributed by atoms with E-state index >= 15 is 0 Å². The summed E-state index contributed by atoms with van der Waals surface area (Å²) in [6.45, 7) is -0.317. The molecule has 1 aliphatic heterocycles. The fourth-order valence-corrected chi connectivity index (χ4v) is 0.586. The van der Waals surface area contributed by atoms with Crippen molar-refractivity contribution in [1.29, 1.82) is 0 Å². The molecule has 0 unspecified atom stereocenters. The highest BCUT2D eigenvalue weighted by atomic mass is 16.3. The summed E-state index contributed by atoms with van der Waals surface area (Å²) in [5, 5.41) is 10.4. The Bertz CT molecular complexity index is 199. The zero-order valence-corrected chi connectivity index (χ0v) is 5.07. The number of aliphatic hydroxyl groups excluding tert-OH is 1. The van der Waals surface area contributed by atoms with Crippen molar-refractivity contribution in [1.82, 2.24) is 5.32 Å². The van der Waals surface area contributed by atoms with E-state index in [9.17, 15) is 9.59 Å². The smallest absolute Gasteiger partial charge is 0.347 e. The van der Waals surface area contributed by atoms with Crippen molar-refractivity contribution in [2.75, 3.05) is 6.61 Å². The van der Waals surface area contributed by atoms with Crippen molar-refractivity contribution >= 4 is 18.2 Å². The molecule has 0 aromatic carbocycles. The molecule has 1 aliphatic rings. The Kier molecular flexibility index (Phi) is 1.77. The highest BCUT2D eigenvalue weighted by Gasteiger charge is 2.21. The van der Waals surface area contributed by atoms with Crippen LogP contribution in [-0.2, 0) is 4.79 Å². The van der Waals surface area contributed by atoms with Gasteiger partial charge in [0, 0.05) is 6.21 Å². The molecule has 0 bridgehead atoms. The van der Waals surface area contributed by atoms with Gasteiger partial charge in [0.05, 0.1) is 12.5 Å². The third kappa shape index (κ3) is 1.19. The third-order valence-corrected chi connectivity index (χ3v) is 1.14. The van der Waals surface area contributed by atoms with Crippen molar-refractivity contribution in [3.05, 3.63) is 0 Å². The Labute approximate surface area is 56.8 Å². The van der Waals surface area contributed by atoms with Gasteiger partial charge in [-0.15, -0.1) is 0 Å². The quantitative estimate of drug-likeness (QED) is 0.488. The molecule has 1 atom stereocenters. The van der Waals surface area contributed by atoms with Gasteiger partial charge in [0.2, 0.25) is 5.91 Å². The first-order chi connectivity index (χ1) is 4.74. The Morgan fingerprint density at radius 3 is 2.90 bits per heavy atom. The Hall–Kier alpha value is -1.23. The molecule has 1 rings (SSSR count). The molecule has 2 N–H and O–H groups in total. The van der Waals surface area contributed by atoms with Gasteiger partial charge in [-0.3, -0.25) is 10.1 Å². The second-order valence-electron chi connectivity index (χ2n) is 1.86. The van der Waals surface area contributed by atoms with E-state index in [4.69, 9.17) is 5.11 Å². The highest BCUT2D eigenvalue weighted by molar-refractivity contribution is 6.09. The lowest BCUT2D eigenvalue weighted by molar-refractivity contribution is -0.122. The normalized spacial score (nSPS) is 24.7. The molecule has 0 aromatic rings. The van der Waals surface area contributed by atoms with Crippen LogP contribution in [0.3, 0.4) is 0 Å². The molecule has 5 nitrogen and oxygen atoms in total. The fourth-order valence-electron chi connectivity index (χ4n) is 0.586. The summed E-state index contributed by atoms with van der Waals surface area (Å²) in [5.41, 5.74) is 0. The van der Waals surface area contributed by atoms with Crippen molar-refractivity contribution in [3.8, 4) is 0 Å². The summed E-state index contributed by atoms with van der Waals surface area (Å²) in [5.74, 6) is -1.17. The van der Waals surface area contributed by atoms with E-state index in [-0.39, 0.29) is 6.61 Å². The molecule has 0 aliphatic carbocycles. The van der Waals surface area contributed by atoms with Gasteiger partial charge in [0.25, 0.3) is 0 Å². The average Bonchev–Trinajstić information content (AvgIpc) is 1.88. The molecule has 54 valence electrons. The first-order valence-corrected chi connectivity index (χ1v) is 2.74. The first-order valence-electron chi connectivity index (χ1n) is 2.74. The van der Waals surface area contributed by atoms with Gasteiger partial charge in [0.15, 0.2) is 0 Å². The summed E-state index contributed by atoms with van der Waals surface area (Å²) < 4.78 is 0. The first kappa shape index (κ1) is 6.88. The van der Waals surface area contributed by atoms with Gasteiger partial charge in [-0.05, 0) is 0 Å². The summed E-state index contributed by atoms with van der Waals surface area (Å²) >= 11 is 0. The number of nitrogens with zero attached hydrogens (tertiary/aromatic N) is 1. The van der Waals surface area contributed by atoms with Gasteiger partial charge >= 0.3 is 6.03 Å². The highest BCUT2D eigenvalue weighted by Crippen LogP contribution is 1.96. The Balaban J connectivity index is 2.71. The number of nitrogens with one attached hydrogen (secondary N) is 1. The summed E-state index contributed by atoms with van der Waals surface area (Å²) in [7, 11) is 0. The van der Waals surface area contributed by atoms with Crippen LogP contribution in [0.5, 0.6) is 0 Å². The van der Waals surface area contributed by atoms with Crippen LogP contribution < -0.4 is 5.32 Å². The van der Waals surface area contributed by atoms with E-state index in [0.717, 1.165) is 6.21 Å². The van der Waals surface area contributed by atoms with Crippen LogP contribution in [0.4, 0.5) is 4.79 Å². The minimum absolute atomic E-state index is 0.317. The average molecular weight is 142 g/mol. The van der Waals surface area contributed by atoms with Gasteiger partial charge in [-0.2, -0.15) is 0 Å². The fraction of sp³-hybridized carbons (Fsp3) is 0.400. The molecular formula is C5H6N2O3. The maximum absolute atomic E-state index is 10.7. The van der Waals surface area contributed by atoms with Crippen molar-refractivity contribution < 1.29 is 14.7 Å². The number of hydrogen-bond donors (Lipinski definition) is 2. The lowest BCUT2D eigenvalue weighted by atomic mass is 10.1. The second-order valence-corrected chi connectivity index (χ2v) is 1.86. The molecular weight excluding hydrogens is 136 g/mol. The van der Waals surface area contributed by atoms with Gasteiger partial charge in [0.1, 0.15) is 0 Å². The van der Waals surface area contributed by atoms with Gasteiger partial charge in [-0.1, -0.05) is 0 Å². The number of amides is 3. The molecule has 0 saturated heterocycles. The summed E-state index contributed by atoms with van der Waals surface area (Å²) in [4.78, 5) is 24.3. The van der Waals surface area contributed by atoms with Crippen molar-refractivity contribution in [2.24, 2.45) is 10.9 Å². The Morgan fingerprint density at radius 2 is 2.40 bits per heavy atom. The predicted molar refractivity (Wildman–Crippen MR) is 32.6 cm³/mol. The van der Waals surface area contributed by atoms with Crippen LogP contribution in [0.1, 0.15) is 0 Å². The molecule has 0 saturated carbocycles.